The fourth-order valence-corrected chi connectivity index (χ4v) is 3.70. The van der Waals surface area contributed by atoms with Crippen molar-refractivity contribution in [2.75, 3.05) is 6.54 Å². The number of nitrogens with two attached hydrogens (primary N) is 2. The van der Waals surface area contributed by atoms with Crippen LogP contribution in [0.5, 0.6) is 0 Å². The number of H-pyrrole nitrogens is 1. The summed E-state index contributed by atoms with van der Waals surface area (Å²) in [5.41, 5.74) is 11.1. The molecule has 192 valence electrons. The average Bonchev–Trinajstić information content (AvgIpc) is 3.46. The van der Waals surface area contributed by atoms with E-state index in [1.807, 2.05) is 0 Å². The maximum atomic E-state index is 13.2. The number of aromatic amines is 1. The summed E-state index contributed by atoms with van der Waals surface area (Å²) < 4.78 is 0. The predicted molar refractivity (Wildman–Crippen MR) is 117 cm³/mol. The van der Waals surface area contributed by atoms with Crippen molar-refractivity contribution >= 4 is 35.6 Å². The van der Waals surface area contributed by atoms with Gasteiger partial charge >= 0.3 is 11.9 Å². The van der Waals surface area contributed by atoms with Gasteiger partial charge in [-0.15, -0.1) is 0 Å². The maximum absolute atomic E-state index is 13.2. The van der Waals surface area contributed by atoms with Crippen LogP contribution in [0.25, 0.3) is 0 Å². The quantitative estimate of drug-likeness (QED) is 0.147. The summed E-state index contributed by atoms with van der Waals surface area (Å²) in [5, 5.41) is 23.2. The summed E-state index contributed by atoms with van der Waals surface area (Å²) in [6.45, 7) is 0.187. The number of hydrogen-bond donors (Lipinski definition) is 7. The molecule has 1 aromatic rings. The number of imidazole rings is 1. The molecular formula is C20H29N7O8. The Kier molecular flexibility index (Phi) is 9.69. The lowest BCUT2D eigenvalue weighted by Gasteiger charge is -2.28. The molecule has 0 aromatic carbocycles. The number of amides is 4. The molecule has 0 saturated carbocycles. The van der Waals surface area contributed by atoms with Crippen molar-refractivity contribution in [2.45, 2.75) is 62.7 Å². The number of aliphatic carboxylic acids is 2. The minimum atomic E-state index is -1.40. The summed E-state index contributed by atoms with van der Waals surface area (Å²) in [7, 11) is 0. The summed E-state index contributed by atoms with van der Waals surface area (Å²) in [6.07, 6.45) is 2.16. The minimum Gasteiger partial charge on any atom is -0.481 e. The van der Waals surface area contributed by atoms with Gasteiger partial charge in [-0.3, -0.25) is 24.0 Å². The van der Waals surface area contributed by atoms with Crippen molar-refractivity contribution < 1.29 is 39.0 Å². The van der Waals surface area contributed by atoms with Crippen LogP contribution in [-0.4, -0.2) is 91.4 Å². The van der Waals surface area contributed by atoms with Gasteiger partial charge in [-0.05, 0) is 19.3 Å². The van der Waals surface area contributed by atoms with Gasteiger partial charge in [0, 0.05) is 31.3 Å². The van der Waals surface area contributed by atoms with Gasteiger partial charge in [0.25, 0.3) is 0 Å². The van der Waals surface area contributed by atoms with Gasteiger partial charge < -0.3 is 42.2 Å². The summed E-state index contributed by atoms with van der Waals surface area (Å²) in [5.74, 6) is -5.68. The molecule has 2 rings (SSSR count). The maximum Gasteiger partial charge on any atom is 0.326 e. The number of hydrogen-bond acceptors (Lipinski definition) is 8. The first kappa shape index (κ1) is 27.2. The van der Waals surface area contributed by atoms with Gasteiger partial charge in [0.1, 0.15) is 18.1 Å². The highest BCUT2D eigenvalue weighted by Gasteiger charge is 2.38. The van der Waals surface area contributed by atoms with Crippen molar-refractivity contribution in [3.63, 3.8) is 0 Å². The second-order valence-corrected chi connectivity index (χ2v) is 8.14. The molecule has 1 saturated heterocycles. The van der Waals surface area contributed by atoms with Gasteiger partial charge in [-0.1, -0.05) is 0 Å². The SMILES string of the molecule is NC(=O)CC(N)C(=O)NC(CCC(=O)O)C(=O)NC(Cc1cnc[nH]1)C(=O)N1CCCC1C(=O)O. The Hall–Kier alpha value is -4.01. The van der Waals surface area contributed by atoms with Crippen molar-refractivity contribution in [2.24, 2.45) is 11.5 Å². The van der Waals surface area contributed by atoms with E-state index >= 15 is 0 Å². The van der Waals surface area contributed by atoms with Crippen LogP contribution in [0, 0.1) is 0 Å². The molecule has 2 heterocycles. The summed E-state index contributed by atoms with van der Waals surface area (Å²) in [6, 6.07) is -5.04. The Morgan fingerprint density at radius 2 is 1.83 bits per heavy atom. The smallest absolute Gasteiger partial charge is 0.326 e. The third-order valence-corrected chi connectivity index (χ3v) is 5.45. The van der Waals surface area contributed by atoms with Crippen LogP contribution in [-0.2, 0) is 35.2 Å². The Morgan fingerprint density at radius 3 is 2.40 bits per heavy atom. The van der Waals surface area contributed by atoms with Gasteiger partial charge in [-0.25, -0.2) is 9.78 Å². The van der Waals surface area contributed by atoms with Gasteiger partial charge in [-0.2, -0.15) is 0 Å². The van der Waals surface area contributed by atoms with Crippen LogP contribution >= 0.6 is 0 Å². The van der Waals surface area contributed by atoms with Crippen LogP contribution in [0.1, 0.15) is 37.8 Å². The molecule has 4 amide bonds. The largest absolute Gasteiger partial charge is 0.481 e. The number of nitrogens with one attached hydrogen (secondary N) is 3. The van der Waals surface area contributed by atoms with Crippen LogP contribution in [0.2, 0.25) is 0 Å². The standard InChI is InChI=1S/C20H29N7O8/c21-11(7-15(22)28)17(31)25-12(3-4-16(29)30)18(32)26-13(6-10-8-23-9-24-10)19(33)27-5-1-2-14(27)20(34)35/h8-9,11-14H,1-7,21H2,(H2,22,28)(H,23,24)(H,25,31)(H,26,32)(H,29,30)(H,34,35). The van der Waals surface area contributed by atoms with E-state index in [-0.39, 0.29) is 25.8 Å². The molecule has 4 unspecified atom stereocenters. The van der Waals surface area contributed by atoms with E-state index in [9.17, 15) is 33.9 Å². The zero-order valence-electron chi connectivity index (χ0n) is 18.8. The Bertz CT molecular complexity index is 951. The van der Waals surface area contributed by atoms with E-state index in [4.69, 9.17) is 16.6 Å². The number of rotatable bonds is 13. The highest BCUT2D eigenvalue weighted by molar-refractivity contribution is 5.95. The molecule has 0 spiro atoms. The molecule has 0 radical (unpaired) electrons. The Labute approximate surface area is 199 Å². The normalized spacial score (nSPS) is 17.7. The molecule has 1 aromatic heterocycles. The lowest BCUT2D eigenvalue weighted by molar-refractivity contribution is -0.149. The van der Waals surface area contributed by atoms with E-state index in [2.05, 4.69) is 20.6 Å². The van der Waals surface area contributed by atoms with Crippen LogP contribution in [0.15, 0.2) is 12.5 Å². The van der Waals surface area contributed by atoms with E-state index < -0.39 is 72.6 Å². The first-order valence-electron chi connectivity index (χ1n) is 10.9. The molecule has 1 fully saturated rings. The molecule has 15 nitrogen and oxygen atoms in total. The highest BCUT2D eigenvalue weighted by Crippen LogP contribution is 2.19. The second kappa shape index (κ2) is 12.5. The number of carbonyl (C=O) groups is 6. The number of aromatic nitrogens is 2. The fraction of sp³-hybridized carbons (Fsp3) is 0.550. The molecule has 9 N–H and O–H groups in total. The molecule has 4 atom stereocenters. The number of primary amides is 1. The summed E-state index contributed by atoms with van der Waals surface area (Å²) in [4.78, 5) is 80.0. The molecule has 0 aliphatic carbocycles. The summed E-state index contributed by atoms with van der Waals surface area (Å²) >= 11 is 0. The molecule has 0 bridgehead atoms. The zero-order valence-corrected chi connectivity index (χ0v) is 18.8. The predicted octanol–water partition coefficient (Wildman–Crippen LogP) is -2.94. The number of nitrogens with zero attached hydrogens (tertiary/aromatic N) is 2. The van der Waals surface area contributed by atoms with E-state index in [1.54, 1.807) is 0 Å². The van der Waals surface area contributed by atoms with E-state index in [0.717, 1.165) is 4.90 Å². The molecule has 35 heavy (non-hydrogen) atoms. The third-order valence-electron chi connectivity index (χ3n) is 5.45. The van der Waals surface area contributed by atoms with Crippen LogP contribution < -0.4 is 22.1 Å². The van der Waals surface area contributed by atoms with Crippen molar-refractivity contribution in [3.8, 4) is 0 Å². The molecule has 1 aliphatic rings. The molecular weight excluding hydrogens is 466 g/mol. The number of carbonyl (C=O) groups excluding carboxylic acids is 4. The topological polar surface area (TPSA) is 251 Å². The third kappa shape index (κ3) is 8.06. The number of likely N-dealkylation sites (tertiary alicyclic amines) is 1. The van der Waals surface area contributed by atoms with Crippen LogP contribution in [0.3, 0.4) is 0 Å². The first-order chi connectivity index (χ1) is 16.5. The Balaban J connectivity index is 2.22. The Morgan fingerprint density at radius 1 is 1.14 bits per heavy atom. The average molecular weight is 495 g/mol. The number of carboxylic acid groups (broad SMARTS) is 2. The van der Waals surface area contributed by atoms with Crippen molar-refractivity contribution in [1.82, 2.24) is 25.5 Å². The van der Waals surface area contributed by atoms with Gasteiger partial charge in [0.15, 0.2) is 0 Å². The minimum absolute atomic E-state index is 0.0613. The molecule has 15 heteroatoms. The van der Waals surface area contributed by atoms with E-state index in [0.29, 0.717) is 12.1 Å². The monoisotopic (exact) mass is 495 g/mol. The molecule has 1 aliphatic heterocycles. The highest BCUT2D eigenvalue weighted by atomic mass is 16.4. The van der Waals surface area contributed by atoms with Crippen molar-refractivity contribution in [1.29, 1.82) is 0 Å². The zero-order chi connectivity index (χ0) is 26.1. The van der Waals surface area contributed by atoms with Gasteiger partial charge in [0.05, 0.1) is 18.8 Å². The fourth-order valence-electron chi connectivity index (χ4n) is 3.70. The first-order valence-corrected chi connectivity index (χ1v) is 10.9. The van der Waals surface area contributed by atoms with Crippen LogP contribution in [0.4, 0.5) is 0 Å². The van der Waals surface area contributed by atoms with E-state index in [1.165, 1.54) is 12.5 Å². The van der Waals surface area contributed by atoms with Gasteiger partial charge in [0.2, 0.25) is 23.6 Å². The second-order valence-electron chi connectivity index (χ2n) is 8.14. The van der Waals surface area contributed by atoms with Crippen molar-refractivity contribution in [3.05, 3.63) is 18.2 Å². The lowest BCUT2D eigenvalue weighted by atomic mass is 10.1. The number of carboxylic acids is 2. The lowest BCUT2D eigenvalue weighted by Crippen LogP contribution is -2.58.